The Kier molecular flexibility index (Phi) is 5.41. The highest BCUT2D eigenvalue weighted by Gasteiger charge is 2.30. The van der Waals surface area contributed by atoms with Gasteiger partial charge in [0.15, 0.2) is 0 Å². The summed E-state index contributed by atoms with van der Waals surface area (Å²) < 4.78 is 31.8. The molecule has 0 amide bonds. The van der Waals surface area contributed by atoms with Gasteiger partial charge in [-0.3, -0.25) is 4.79 Å². The van der Waals surface area contributed by atoms with Crippen LogP contribution < -0.4 is 0 Å². The molecule has 0 unspecified atom stereocenters. The number of hydrogen-bond acceptors (Lipinski definition) is 4. The molecule has 0 aromatic heterocycles. The normalized spacial score (nSPS) is 16.6. The van der Waals surface area contributed by atoms with Gasteiger partial charge in [-0.15, -0.1) is 0 Å². The van der Waals surface area contributed by atoms with Crippen molar-refractivity contribution < 1.29 is 23.1 Å². The van der Waals surface area contributed by atoms with Crippen molar-refractivity contribution in [3.8, 4) is 11.1 Å². The van der Waals surface area contributed by atoms with Crippen LogP contribution in [0.1, 0.15) is 12.0 Å². The topological polar surface area (TPSA) is 87.2 Å². The molecule has 1 atom stereocenters. The fraction of sp³-hybridized carbons (Fsp3) is 0.316. The molecule has 2 aromatic rings. The molecule has 1 aliphatic heterocycles. The summed E-state index contributed by atoms with van der Waals surface area (Å²) in [6.45, 7) is 0.957. The first kappa shape index (κ1) is 18.6. The zero-order valence-corrected chi connectivity index (χ0v) is 15.3. The van der Waals surface area contributed by atoms with Crippen LogP contribution in [0, 0.1) is 0 Å². The number of aryl methyl sites for hydroxylation is 1. The van der Waals surface area contributed by atoms with Crippen LogP contribution in [0.25, 0.3) is 11.1 Å². The molecule has 6 nitrogen and oxygen atoms in total. The number of aliphatic carboxylic acids is 1. The first-order valence-corrected chi connectivity index (χ1v) is 9.79. The van der Waals surface area contributed by atoms with Crippen LogP contribution in [0.4, 0.5) is 0 Å². The smallest absolute Gasteiger partial charge is 0.303 e. The molecular formula is C19H21NO5S. The second kappa shape index (κ2) is 7.57. The van der Waals surface area contributed by atoms with E-state index in [-0.39, 0.29) is 17.4 Å². The fourth-order valence-corrected chi connectivity index (χ4v) is 3.94. The van der Waals surface area contributed by atoms with Gasteiger partial charge in [-0.25, -0.2) is 8.42 Å². The number of epoxide rings is 1. The molecule has 7 heteroatoms. The van der Waals surface area contributed by atoms with Crippen molar-refractivity contribution in [3.63, 3.8) is 0 Å². The maximum absolute atomic E-state index is 12.7. The zero-order valence-electron chi connectivity index (χ0n) is 14.5. The molecule has 1 saturated heterocycles. The number of hydrogen-bond donors (Lipinski definition) is 1. The van der Waals surface area contributed by atoms with Gasteiger partial charge in [-0.05, 0) is 35.2 Å². The summed E-state index contributed by atoms with van der Waals surface area (Å²) in [4.78, 5) is 10.9. The van der Waals surface area contributed by atoms with Gasteiger partial charge in [0.25, 0.3) is 0 Å². The van der Waals surface area contributed by atoms with Gasteiger partial charge in [0, 0.05) is 20.0 Å². The predicted molar refractivity (Wildman–Crippen MR) is 97.4 cm³/mol. The standard InChI is InChI=1S/C19H21NO5S/c1-20(12-17-13-25-17)26(23,24)18-4-2-3-16(11-18)15-8-5-14(6-9-15)7-10-19(21)22/h2-6,8-9,11,17H,7,10,12-13H2,1H3,(H,21,22)/t17-/m0/s1. The second-order valence-electron chi connectivity index (χ2n) is 6.36. The summed E-state index contributed by atoms with van der Waals surface area (Å²) in [5, 5.41) is 8.75. The number of carboxylic acids is 1. The summed E-state index contributed by atoms with van der Waals surface area (Å²) in [6.07, 6.45) is 0.554. The van der Waals surface area contributed by atoms with E-state index in [0.29, 0.717) is 19.6 Å². The van der Waals surface area contributed by atoms with Gasteiger partial charge in [0.05, 0.1) is 17.6 Å². The third-order valence-electron chi connectivity index (χ3n) is 4.32. The van der Waals surface area contributed by atoms with Crippen molar-refractivity contribution in [1.29, 1.82) is 0 Å². The average molecular weight is 375 g/mol. The van der Waals surface area contributed by atoms with Crippen molar-refractivity contribution in [2.24, 2.45) is 0 Å². The summed E-state index contributed by atoms with van der Waals surface area (Å²) in [5.74, 6) is -0.826. The maximum atomic E-state index is 12.7. The third-order valence-corrected chi connectivity index (χ3v) is 6.14. The van der Waals surface area contributed by atoms with Crippen molar-refractivity contribution in [3.05, 3.63) is 54.1 Å². The first-order valence-electron chi connectivity index (χ1n) is 8.35. The van der Waals surface area contributed by atoms with Crippen molar-refractivity contribution in [2.45, 2.75) is 23.8 Å². The third kappa shape index (κ3) is 4.49. The lowest BCUT2D eigenvalue weighted by atomic mass is 10.0. The quantitative estimate of drug-likeness (QED) is 0.716. The van der Waals surface area contributed by atoms with Gasteiger partial charge in [0.1, 0.15) is 0 Å². The van der Waals surface area contributed by atoms with E-state index in [1.165, 1.54) is 4.31 Å². The minimum absolute atomic E-state index is 0.00342. The molecule has 2 aromatic carbocycles. The van der Waals surface area contributed by atoms with E-state index in [1.54, 1.807) is 25.2 Å². The summed E-state index contributed by atoms with van der Waals surface area (Å²) >= 11 is 0. The lowest BCUT2D eigenvalue weighted by molar-refractivity contribution is -0.136. The van der Waals surface area contributed by atoms with Crippen LogP contribution in [0.3, 0.4) is 0 Å². The highest BCUT2D eigenvalue weighted by Crippen LogP contribution is 2.25. The van der Waals surface area contributed by atoms with Crippen LogP contribution >= 0.6 is 0 Å². The van der Waals surface area contributed by atoms with Gasteiger partial charge in [0.2, 0.25) is 10.0 Å². The molecule has 0 bridgehead atoms. The molecule has 3 rings (SSSR count). The maximum Gasteiger partial charge on any atom is 0.303 e. The number of carbonyl (C=O) groups is 1. The van der Waals surface area contributed by atoms with Crippen LogP contribution in [0.5, 0.6) is 0 Å². The predicted octanol–water partition coefficient (Wildman–Crippen LogP) is 2.39. The molecule has 138 valence electrons. The Bertz CT molecular complexity index is 888. The van der Waals surface area contributed by atoms with E-state index >= 15 is 0 Å². The number of rotatable bonds is 8. The first-order chi connectivity index (χ1) is 12.4. The van der Waals surface area contributed by atoms with E-state index in [9.17, 15) is 13.2 Å². The minimum atomic E-state index is -3.56. The van der Waals surface area contributed by atoms with E-state index in [1.807, 2.05) is 30.3 Å². The Balaban J connectivity index is 1.79. The van der Waals surface area contributed by atoms with Crippen molar-refractivity contribution in [1.82, 2.24) is 4.31 Å². The molecule has 0 aliphatic carbocycles. The number of benzene rings is 2. The number of ether oxygens (including phenoxy) is 1. The van der Waals surface area contributed by atoms with Crippen LogP contribution in [0.15, 0.2) is 53.4 Å². The Morgan fingerprint density at radius 2 is 1.88 bits per heavy atom. The number of likely N-dealkylation sites (N-methyl/N-ethyl adjacent to an activating group) is 1. The number of sulfonamides is 1. The van der Waals surface area contributed by atoms with E-state index < -0.39 is 16.0 Å². The molecule has 26 heavy (non-hydrogen) atoms. The second-order valence-corrected chi connectivity index (χ2v) is 8.40. The number of carboxylic acid groups (broad SMARTS) is 1. The monoisotopic (exact) mass is 375 g/mol. The Hall–Kier alpha value is -2.22. The fourth-order valence-electron chi connectivity index (χ4n) is 2.69. The lowest BCUT2D eigenvalue weighted by Gasteiger charge is -2.16. The summed E-state index contributed by atoms with van der Waals surface area (Å²) in [5.41, 5.74) is 2.62. The highest BCUT2D eigenvalue weighted by atomic mass is 32.2. The molecule has 1 N–H and O–H groups in total. The van der Waals surface area contributed by atoms with Gasteiger partial charge < -0.3 is 9.84 Å². The number of nitrogens with zero attached hydrogens (tertiary/aromatic N) is 1. The molecule has 1 heterocycles. The van der Waals surface area contributed by atoms with Gasteiger partial charge in [-0.2, -0.15) is 4.31 Å². The van der Waals surface area contributed by atoms with Crippen LogP contribution in [-0.2, 0) is 26.0 Å². The SMILES string of the molecule is CN(C[C@H]1CO1)S(=O)(=O)c1cccc(-c2ccc(CCC(=O)O)cc2)c1. The average Bonchev–Trinajstić information content (AvgIpc) is 3.44. The molecule has 1 fully saturated rings. The summed E-state index contributed by atoms with van der Waals surface area (Å²) in [6, 6.07) is 14.3. The van der Waals surface area contributed by atoms with E-state index in [0.717, 1.165) is 16.7 Å². The minimum Gasteiger partial charge on any atom is -0.481 e. The largest absolute Gasteiger partial charge is 0.481 e. The van der Waals surface area contributed by atoms with Crippen LogP contribution in [0.2, 0.25) is 0 Å². The van der Waals surface area contributed by atoms with Gasteiger partial charge >= 0.3 is 5.97 Å². The molecule has 0 saturated carbocycles. The van der Waals surface area contributed by atoms with Crippen LogP contribution in [-0.4, -0.2) is 50.1 Å². The highest BCUT2D eigenvalue weighted by molar-refractivity contribution is 7.89. The van der Waals surface area contributed by atoms with Crippen molar-refractivity contribution in [2.75, 3.05) is 20.2 Å². The summed E-state index contributed by atoms with van der Waals surface area (Å²) in [7, 11) is -2.01. The molecule has 0 radical (unpaired) electrons. The molecule has 1 aliphatic rings. The van der Waals surface area contributed by atoms with Gasteiger partial charge in [-0.1, -0.05) is 36.4 Å². The van der Waals surface area contributed by atoms with Crippen molar-refractivity contribution >= 4 is 16.0 Å². The Labute approximate surface area is 153 Å². The lowest BCUT2D eigenvalue weighted by Crippen LogP contribution is -2.30. The van der Waals surface area contributed by atoms with E-state index in [2.05, 4.69) is 0 Å². The molecule has 0 spiro atoms. The van der Waals surface area contributed by atoms with E-state index in [4.69, 9.17) is 9.84 Å². The Morgan fingerprint density at radius 1 is 1.19 bits per heavy atom. The Morgan fingerprint density at radius 3 is 2.50 bits per heavy atom. The zero-order chi connectivity index (χ0) is 18.7. The molecular weight excluding hydrogens is 354 g/mol.